The summed E-state index contributed by atoms with van der Waals surface area (Å²) in [6, 6.07) is 0. The second kappa shape index (κ2) is 68.4. The van der Waals surface area contributed by atoms with E-state index in [9.17, 15) is 14.4 Å². The summed E-state index contributed by atoms with van der Waals surface area (Å²) >= 11 is 0. The summed E-state index contributed by atoms with van der Waals surface area (Å²) in [5, 5.41) is 0. The van der Waals surface area contributed by atoms with Crippen molar-refractivity contribution in [2.75, 3.05) is 13.2 Å². The number of rotatable bonds is 67. The molecule has 0 heterocycles. The van der Waals surface area contributed by atoms with Gasteiger partial charge in [-0.05, 0) is 70.6 Å². The van der Waals surface area contributed by atoms with Gasteiger partial charge in [0.25, 0.3) is 0 Å². The molecule has 0 aromatic heterocycles. The van der Waals surface area contributed by atoms with E-state index in [1.807, 2.05) is 0 Å². The van der Waals surface area contributed by atoms with Crippen LogP contribution in [0.1, 0.15) is 406 Å². The highest BCUT2D eigenvalue weighted by molar-refractivity contribution is 5.71. The molecule has 0 saturated carbocycles. The topological polar surface area (TPSA) is 78.9 Å². The number of esters is 3. The van der Waals surface area contributed by atoms with Crippen LogP contribution in [0.2, 0.25) is 0 Å². The lowest BCUT2D eigenvalue weighted by Gasteiger charge is -2.18. The van der Waals surface area contributed by atoms with Crippen molar-refractivity contribution in [3.8, 4) is 0 Å². The third-order valence-electron chi connectivity index (χ3n) is 16.4. The molecule has 0 aliphatic carbocycles. The molecule has 0 fully saturated rings. The molecule has 0 spiro atoms. The molecule has 0 amide bonds. The van der Waals surface area contributed by atoms with Crippen molar-refractivity contribution in [3.63, 3.8) is 0 Å². The predicted molar refractivity (Wildman–Crippen MR) is 344 cm³/mol. The van der Waals surface area contributed by atoms with Gasteiger partial charge in [-0.25, -0.2) is 0 Å². The highest BCUT2D eigenvalue weighted by atomic mass is 16.6. The smallest absolute Gasteiger partial charge is 0.306 e. The first-order valence-corrected chi connectivity index (χ1v) is 35.8. The van der Waals surface area contributed by atoms with Crippen molar-refractivity contribution in [2.24, 2.45) is 0 Å². The van der Waals surface area contributed by atoms with Gasteiger partial charge in [0.2, 0.25) is 0 Å². The van der Waals surface area contributed by atoms with Crippen LogP contribution in [-0.2, 0) is 28.6 Å². The van der Waals surface area contributed by atoms with Crippen LogP contribution in [0.25, 0.3) is 0 Å². The zero-order valence-electron chi connectivity index (χ0n) is 53.7. The molecular formula is C73H138O6. The molecule has 79 heavy (non-hydrogen) atoms. The largest absolute Gasteiger partial charge is 0.462 e. The van der Waals surface area contributed by atoms with Crippen LogP contribution in [0.3, 0.4) is 0 Å². The zero-order chi connectivity index (χ0) is 57.1. The fraction of sp³-hybridized carbons (Fsp3) is 0.904. The highest BCUT2D eigenvalue weighted by Crippen LogP contribution is 2.19. The summed E-state index contributed by atoms with van der Waals surface area (Å²) in [5.74, 6) is -0.846. The molecule has 0 aromatic rings. The molecule has 0 N–H and O–H groups in total. The summed E-state index contributed by atoms with van der Waals surface area (Å²) in [5.41, 5.74) is 0. The minimum Gasteiger partial charge on any atom is -0.462 e. The number of carbonyl (C=O) groups is 3. The van der Waals surface area contributed by atoms with Crippen molar-refractivity contribution in [1.82, 2.24) is 0 Å². The van der Waals surface area contributed by atoms with Crippen molar-refractivity contribution in [1.29, 1.82) is 0 Å². The minimum absolute atomic E-state index is 0.0679. The van der Waals surface area contributed by atoms with Gasteiger partial charge in [-0.15, -0.1) is 0 Å². The Labute approximate surface area is 493 Å². The fourth-order valence-electron chi connectivity index (χ4n) is 11.0. The first-order valence-electron chi connectivity index (χ1n) is 35.8. The normalized spacial score (nSPS) is 12.1. The van der Waals surface area contributed by atoms with Crippen LogP contribution in [0.5, 0.6) is 0 Å². The lowest BCUT2D eigenvalue weighted by atomic mass is 10.0. The van der Waals surface area contributed by atoms with Gasteiger partial charge in [-0.1, -0.05) is 340 Å². The number of allylic oxidation sites excluding steroid dienone is 4. The Morgan fingerprint density at radius 1 is 0.241 bits per heavy atom. The molecule has 0 saturated heterocycles. The Balaban J connectivity index is 4.17. The molecule has 0 aromatic carbocycles. The van der Waals surface area contributed by atoms with Crippen molar-refractivity contribution < 1.29 is 28.6 Å². The van der Waals surface area contributed by atoms with E-state index in [0.29, 0.717) is 19.3 Å². The number of unbranched alkanes of at least 4 members (excludes halogenated alkanes) is 52. The van der Waals surface area contributed by atoms with Gasteiger partial charge in [-0.3, -0.25) is 14.4 Å². The summed E-state index contributed by atoms with van der Waals surface area (Å²) in [7, 11) is 0. The molecule has 0 radical (unpaired) electrons. The van der Waals surface area contributed by atoms with Crippen molar-refractivity contribution >= 4 is 17.9 Å². The second-order valence-corrected chi connectivity index (χ2v) is 24.5. The second-order valence-electron chi connectivity index (χ2n) is 24.5. The summed E-state index contributed by atoms with van der Waals surface area (Å²) < 4.78 is 17.0. The molecule has 0 aliphatic heterocycles. The SMILES string of the molecule is CCCCC/C=C\CCCCCCCC(=O)OCC(COC(=O)CCCCCCCCCCCCCCCCC/C=C\CCCCCCCCCC)OC(=O)CCCCCCCCCCCCCCCCCCCCCCCC. The van der Waals surface area contributed by atoms with E-state index in [1.54, 1.807) is 0 Å². The van der Waals surface area contributed by atoms with E-state index in [2.05, 4.69) is 45.1 Å². The van der Waals surface area contributed by atoms with E-state index in [1.165, 1.54) is 302 Å². The van der Waals surface area contributed by atoms with Crippen LogP contribution in [0, 0.1) is 0 Å². The third kappa shape index (κ3) is 66.6. The lowest BCUT2D eigenvalue weighted by Crippen LogP contribution is -2.30. The maximum absolute atomic E-state index is 12.9. The molecular weight excluding hydrogens is 973 g/mol. The molecule has 0 bridgehead atoms. The average Bonchev–Trinajstić information content (AvgIpc) is 3.45. The molecule has 1 unspecified atom stereocenters. The van der Waals surface area contributed by atoms with Gasteiger partial charge in [-0.2, -0.15) is 0 Å². The lowest BCUT2D eigenvalue weighted by molar-refractivity contribution is -0.167. The van der Waals surface area contributed by atoms with Crippen LogP contribution >= 0.6 is 0 Å². The van der Waals surface area contributed by atoms with Gasteiger partial charge in [0, 0.05) is 19.3 Å². The number of hydrogen-bond acceptors (Lipinski definition) is 6. The zero-order valence-corrected chi connectivity index (χ0v) is 53.7. The Bertz CT molecular complexity index is 1270. The van der Waals surface area contributed by atoms with Gasteiger partial charge in [0.15, 0.2) is 6.10 Å². The first-order chi connectivity index (χ1) is 39.0. The third-order valence-corrected chi connectivity index (χ3v) is 16.4. The summed E-state index contributed by atoms with van der Waals surface area (Å²) in [4.78, 5) is 38.4. The van der Waals surface area contributed by atoms with E-state index in [0.717, 1.165) is 64.2 Å². The molecule has 1 atom stereocenters. The van der Waals surface area contributed by atoms with Gasteiger partial charge in [0.05, 0.1) is 0 Å². The van der Waals surface area contributed by atoms with Gasteiger partial charge < -0.3 is 14.2 Å². The van der Waals surface area contributed by atoms with E-state index >= 15 is 0 Å². The number of ether oxygens (including phenoxy) is 3. The maximum Gasteiger partial charge on any atom is 0.306 e. The van der Waals surface area contributed by atoms with Gasteiger partial charge >= 0.3 is 17.9 Å². The first kappa shape index (κ1) is 76.9. The Kier molecular flexibility index (Phi) is 66.6. The number of hydrogen-bond donors (Lipinski definition) is 0. The predicted octanol–water partition coefficient (Wildman–Crippen LogP) is 24.6. The van der Waals surface area contributed by atoms with Crippen LogP contribution < -0.4 is 0 Å². The Morgan fingerprint density at radius 3 is 0.658 bits per heavy atom. The van der Waals surface area contributed by atoms with Crippen LogP contribution in [-0.4, -0.2) is 37.2 Å². The molecule has 6 nitrogen and oxygen atoms in total. The Morgan fingerprint density at radius 2 is 0.418 bits per heavy atom. The maximum atomic E-state index is 12.9. The van der Waals surface area contributed by atoms with Crippen LogP contribution in [0.4, 0.5) is 0 Å². The molecule has 466 valence electrons. The van der Waals surface area contributed by atoms with Gasteiger partial charge in [0.1, 0.15) is 13.2 Å². The van der Waals surface area contributed by atoms with E-state index < -0.39 is 6.10 Å². The van der Waals surface area contributed by atoms with E-state index in [-0.39, 0.29) is 31.1 Å². The monoisotopic (exact) mass is 1110 g/mol. The number of carbonyl (C=O) groups excluding carboxylic acids is 3. The summed E-state index contributed by atoms with van der Waals surface area (Å²) in [6.07, 6.45) is 83.6. The average molecular weight is 1110 g/mol. The minimum atomic E-state index is -0.771. The summed E-state index contributed by atoms with van der Waals surface area (Å²) in [6.45, 7) is 6.69. The molecule has 6 heteroatoms. The van der Waals surface area contributed by atoms with Crippen LogP contribution in [0.15, 0.2) is 24.3 Å². The highest BCUT2D eigenvalue weighted by Gasteiger charge is 2.19. The Hall–Kier alpha value is -2.11. The quantitative estimate of drug-likeness (QED) is 0.0261. The fourth-order valence-corrected chi connectivity index (χ4v) is 11.0. The standard InChI is InChI=1S/C73H138O6/c1-4-7-10-13-16-19-22-25-27-29-31-33-35-36-37-38-39-41-42-44-46-48-51-54-57-60-63-66-72(75)78-69-70(68-77-71(74)65-62-59-56-53-50-24-21-18-15-12-9-6-3)79-73(76)67-64-61-58-55-52-49-47-45-43-40-34-32-30-28-26-23-20-17-14-11-8-5-2/h18,21,29,31,70H,4-17,19-20,22-28,30,32-69H2,1-3H3/b21-18-,31-29-. The molecule has 0 aliphatic rings. The van der Waals surface area contributed by atoms with Crippen molar-refractivity contribution in [3.05, 3.63) is 24.3 Å². The molecule has 0 rings (SSSR count). The van der Waals surface area contributed by atoms with E-state index in [4.69, 9.17) is 14.2 Å². The van der Waals surface area contributed by atoms with Crippen molar-refractivity contribution in [2.45, 2.75) is 412 Å².